The number of ether oxygens (including phenoxy) is 1. The number of benzene rings is 2. The second kappa shape index (κ2) is 15.9. The minimum atomic E-state index is -4.93. The molecule has 2 aromatic heterocycles. The quantitative estimate of drug-likeness (QED) is 0.144. The number of H-pyrrole nitrogens is 1. The fraction of sp³-hybridized carbons (Fsp3) is 0.462. The van der Waals surface area contributed by atoms with Crippen molar-refractivity contribution < 1.29 is 45.5 Å². The summed E-state index contributed by atoms with van der Waals surface area (Å²) in [7, 11) is 1.54. The number of aromatic nitrogens is 3. The first kappa shape index (κ1) is 39.8. The summed E-state index contributed by atoms with van der Waals surface area (Å²) in [5, 5.41) is 12.0. The molecule has 18 heteroatoms. The van der Waals surface area contributed by atoms with Crippen LogP contribution in [0, 0.1) is 5.92 Å². The highest BCUT2D eigenvalue weighted by Gasteiger charge is 2.38. The van der Waals surface area contributed by atoms with E-state index < -0.39 is 41.9 Å². The average Bonchev–Trinajstić information content (AvgIpc) is 3.65. The van der Waals surface area contributed by atoms with Gasteiger partial charge in [0, 0.05) is 49.4 Å². The molecule has 1 unspecified atom stereocenters. The zero-order valence-electron chi connectivity index (χ0n) is 30.9. The second-order valence-corrected chi connectivity index (χ2v) is 15.0. The van der Waals surface area contributed by atoms with Crippen molar-refractivity contribution in [1.29, 1.82) is 0 Å². The molecule has 1 atom stereocenters. The average molecular weight is 802 g/mol. The molecule has 0 aliphatic carbocycles. The van der Waals surface area contributed by atoms with Crippen LogP contribution in [0.25, 0.3) is 22.0 Å². The number of aromatic amines is 1. The Labute approximate surface area is 322 Å². The maximum Gasteiger partial charge on any atom is 0.573 e. The zero-order valence-corrected chi connectivity index (χ0v) is 30.9. The van der Waals surface area contributed by atoms with Crippen molar-refractivity contribution in [1.82, 2.24) is 29.9 Å². The van der Waals surface area contributed by atoms with Crippen molar-refractivity contribution in [2.45, 2.75) is 69.4 Å². The van der Waals surface area contributed by atoms with E-state index in [4.69, 9.17) is 0 Å². The monoisotopic (exact) mass is 801 g/mol. The normalized spacial score (nSPS) is 19.2. The van der Waals surface area contributed by atoms with E-state index in [1.165, 1.54) is 29.0 Å². The van der Waals surface area contributed by atoms with Crippen LogP contribution in [0.4, 0.5) is 32.0 Å². The number of rotatable bonds is 9. The highest BCUT2D eigenvalue weighted by molar-refractivity contribution is 6.01. The number of imide groups is 1. The lowest BCUT2D eigenvalue weighted by molar-refractivity contribution is -0.274. The molecular formula is C39H41F6N7O5. The molecule has 57 heavy (non-hydrogen) atoms. The Morgan fingerprint density at radius 3 is 2.37 bits per heavy atom. The molecule has 0 saturated carbocycles. The van der Waals surface area contributed by atoms with Crippen molar-refractivity contribution in [2.75, 3.05) is 38.0 Å². The Hall–Kier alpha value is -5.39. The Morgan fingerprint density at radius 1 is 0.947 bits per heavy atom. The number of halogens is 6. The highest BCUT2D eigenvalue weighted by Crippen LogP contribution is 2.41. The van der Waals surface area contributed by atoms with Gasteiger partial charge in [-0.25, -0.2) is 0 Å². The second-order valence-electron chi connectivity index (χ2n) is 15.0. The molecular weight excluding hydrogens is 760 g/mol. The summed E-state index contributed by atoms with van der Waals surface area (Å²) in [5.74, 6) is -1.87. The number of piperidine rings is 3. The summed E-state index contributed by atoms with van der Waals surface area (Å²) in [5.41, 5.74) is 0.689. The van der Waals surface area contributed by atoms with Crippen LogP contribution in [0.15, 0.2) is 53.6 Å². The smallest absolute Gasteiger partial charge is 0.405 e. The van der Waals surface area contributed by atoms with Crippen molar-refractivity contribution in [3.05, 3.63) is 75.8 Å². The fourth-order valence-electron chi connectivity index (χ4n) is 8.16. The van der Waals surface area contributed by atoms with Crippen molar-refractivity contribution in [3.63, 3.8) is 0 Å². The summed E-state index contributed by atoms with van der Waals surface area (Å²) in [6.45, 7) is 1.80. The molecule has 3 aliphatic heterocycles. The van der Waals surface area contributed by atoms with Gasteiger partial charge < -0.3 is 19.5 Å². The van der Waals surface area contributed by atoms with Gasteiger partial charge in [0.15, 0.2) is 0 Å². The number of hydrogen-bond acceptors (Lipinski definition) is 8. The van der Waals surface area contributed by atoms with Gasteiger partial charge in [-0.15, -0.1) is 13.2 Å². The molecule has 7 rings (SSSR count). The molecule has 304 valence electrons. The third kappa shape index (κ3) is 9.10. The Balaban J connectivity index is 0.935. The van der Waals surface area contributed by atoms with E-state index in [1.54, 1.807) is 30.3 Å². The van der Waals surface area contributed by atoms with Crippen LogP contribution in [0.3, 0.4) is 0 Å². The van der Waals surface area contributed by atoms with Gasteiger partial charge in [-0.3, -0.25) is 34.5 Å². The summed E-state index contributed by atoms with van der Waals surface area (Å²) in [6, 6.07) is 7.72. The predicted molar refractivity (Wildman–Crippen MR) is 196 cm³/mol. The van der Waals surface area contributed by atoms with E-state index in [2.05, 4.69) is 25.6 Å². The number of carbonyl (C=O) groups excluding carboxylic acids is 3. The van der Waals surface area contributed by atoms with Crippen LogP contribution in [-0.2, 0) is 34.0 Å². The first-order valence-corrected chi connectivity index (χ1v) is 18.8. The first-order valence-electron chi connectivity index (χ1n) is 18.8. The van der Waals surface area contributed by atoms with Crippen LogP contribution in [0.5, 0.6) is 5.75 Å². The van der Waals surface area contributed by atoms with Gasteiger partial charge in [0.1, 0.15) is 17.3 Å². The molecule has 5 heterocycles. The molecule has 3 amide bonds. The van der Waals surface area contributed by atoms with Gasteiger partial charge in [-0.05, 0) is 98.3 Å². The Kier molecular flexibility index (Phi) is 11.1. The topological polar surface area (TPSA) is 142 Å². The molecule has 12 nitrogen and oxygen atoms in total. The van der Waals surface area contributed by atoms with Crippen LogP contribution < -0.4 is 20.9 Å². The van der Waals surface area contributed by atoms with Crippen LogP contribution in [-0.4, -0.2) is 87.4 Å². The van der Waals surface area contributed by atoms with E-state index in [0.717, 1.165) is 6.07 Å². The number of fused-ring (bicyclic) bond motifs is 1. The number of hydrogen-bond donors (Lipinski definition) is 3. The minimum Gasteiger partial charge on any atom is -0.405 e. The number of amides is 3. The predicted octanol–water partition coefficient (Wildman–Crippen LogP) is 5.72. The number of aryl methyl sites for hydroxylation is 1. The number of likely N-dealkylation sites (tertiary alicyclic amines) is 2. The lowest BCUT2D eigenvalue weighted by atomic mass is 9.86. The van der Waals surface area contributed by atoms with Crippen LogP contribution in [0.2, 0.25) is 0 Å². The van der Waals surface area contributed by atoms with E-state index in [1.807, 2.05) is 4.90 Å². The molecule has 3 saturated heterocycles. The lowest BCUT2D eigenvalue weighted by Gasteiger charge is -2.36. The third-order valence-electron chi connectivity index (χ3n) is 11.2. The SMILES string of the molecule is Cn1cc(-c2ccc(CC3CCN(CC(=O)N4CCC(c5ccc(NC6CCC(=O)NC6=O)cc5C(F)(F)F)CC4)CC3)c(OC(F)(F)F)c2)c2cn[nH]c2c1=O. The van der Waals surface area contributed by atoms with Crippen LogP contribution in [0.1, 0.15) is 61.1 Å². The van der Waals surface area contributed by atoms with Gasteiger partial charge in [0.05, 0.1) is 18.3 Å². The molecule has 3 aliphatic rings. The first-order chi connectivity index (χ1) is 27.0. The highest BCUT2D eigenvalue weighted by atomic mass is 19.4. The fourth-order valence-corrected chi connectivity index (χ4v) is 8.16. The summed E-state index contributed by atoms with van der Waals surface area (Å²) in [4.78, 5) is 53.0. The van der Waals surface area contributed by atoms with Gasteiger partial charge in [-0.2, -0.15) is 18.3 Å². The minimum absolute atomic E-state index is 0.0279. The van der Waals surface area contributed by atoms with E-state index in [0.29, 0.717) is 67.3 Å². The Bertz CT molecular complexity index is 2220. The van der Waals surface area contributed by atoms with Gasteiger partial charge in [0.25, 0.3) is 5.56 Å². The van der Waals surface area contributed by atoms with E-state index in [9.17, 15) is 45.5 Å². The maximum atomic E-state index is 14.2. The van der Waals surface area contributed by atoms with E-state index >= 15 is 0 Å². The molecule has 3 fully saturated rings. The number of nitrogens with zero attached hydrogens (tertiary/aromatic N) is 4. The molecule has 0 bridgehead atoms. The molecule has 4 aromatic rings. The van der Waals surface area contributed by atoms with Crippen LogP contribution >= 0.6 is 0 Å². The van der Waals surface area contributed by atoms with Gasteiger partial charge in [0.2, 0.25) is 17.7 Å². The summed E-state index contributed by atoms with van der Waals surface area (Å²) >= 11 is 0. The van der Waals surface area contributed by atoms with E-state index in [-0.39, 0.29) is 72.4 Å². The van der Waals surface area contributed by atoms with Gasteiger partial charge >= 0.3 is 12.5 Å². The number of carbonyl (C=O) groups is 3. The number of nitrogens with one attached hydrogen (secondary N) is 3. The number of alkyl halides is 6. The summed E-state index contributed by atoms with van der Waals surface area (Å²) in [6.07, 6.45) is -4.06. The lowest BCUT2D eigenvalue weighted by Crippen LogP contribution is -2.47. The molecule has 0 radical (unpaired) electrons. The van der Waals surface area contributed by atoms with Crippen molar-refractivity contribution in [3.8, 4) is 16.9 Å². The van der Waals surface area contributed by atoms with Crippen molar-refractivity contribution >= 4 is 34.3 Å². The largest absolute Gasteiger partial charge is 0.573 e. The number of anilines is 1. The molecule has 2 aromatic carbocycles. The maximum absolute atomic E-state index is 14.2. The molecule has 0 spiro atoms. The zero-order chi connectivity index (χ0) is 40.6. The summed E-state index contributed by atoms with van der Waals surface area (Å²) < 4.78 is 89.3. The standard InChI is InChI=1S/C39H41F6N7O5/c1-50-20-29(28-19-46-49-35(28)37(50)56)24-2-3-25(32(17-24)57-39(43,44)45)16-22-8-12-51(13-9-22)21-34(54)52-14-10-23(11-15-52)27-5-4-26(18-30(27)38(40,41)42)47-31-6-7-33(53)48-36(31)55/h2-5,17-20,22-23,31,47H,6-16,21H2,1H3,(H,46,49)(H,48,53,55). The molecule has 3 N–H and O–H groups in total. The van der Waals surface area contributed by atoms with Gasteiger partial charge in [-0.1, -0.05) is 18.2 Å². The number of pyridine rings is 1. The Morgan fingerprint density at radius 2 is 1.68 bits per heavy atom. The third-order valence-corrected chi connectivity index (χ3v) is 11.2. The van der Waals surface area contributed by atoms with Crippen molar-refractivity contribution in [2.24, 2.45) is 13.0 Å².